The zero-order valence-electron chi connectivity index (χ0n) is 19.3. The third-order valence-electron chi connectivity index (χ3n) is 6.82. The van der Waals surface area contributed by atoms with E-state index in [2.05, 4.69) is 46.8 Å². The van der Waals surface area contributed by atoms with Gasteiger partial charge in [0.05, 0.1) is 6.61 Å². The highest BCUT2D eigenvalue weighted by molar-refractivity contribution is 5.71. The summed E-state index contributed by atoms with van der Waals surface area (Å²) in [5.74, 6) is 0.821. The molecule has 0 bridgehead atoms. The Hall–Kier alpha value is -1.83. The van der Waals surface area contributed by atoms with Crippen molar-refractivity contribution in [3.63, 3.8) is 0 Å². The van der Waals surface area contributed by atoms with E-state index >= 15 is 0 Å². The Labute approximate surface area is 177 Å². The summed E-state index contributed by atoms with van der Waals surface area (Å²) in [6.45, 7) is 13.8. The van der Waals surface area contributed by atoms with E-state index in [1.165, 1.54) is 25.7 Å². The average molecular weight is 399 g/mol. The molecule has 1 nitrogen and oxygen atoms in total. The van der Waals surface area contributed by atoms with Gasteiger partial charge in [0.1, 0.15) is 11.6 Å². The number of ether oxygens (including phenoxy) is 1. The molecule has 0 aliphatic rings. The van der Waals surface area contributed by atoms with Crippen molar-refractivity contribution >= 4 is 0 Å². The average Bonchev–Trinajstić information content (AvgIpc) is 2.74. The largest absolute Gasteiger partial charge is 0.493 e. The van der Waals surface area contributed by atoms with Gasteiger partial charge in [0, 0.05) is 5.56 Å². The van der Waals surface area contributed by atoms with Crippen LogP contribution in [0.15, 0.2) is 30.3 Å². The van der Waals surface area contributed by atoms with Crippen molar-refractivity contribution in [2.75, 3.05) is 6.61 Å². The molecule has 0 unspecified atom stereocenters. The maximum absolute atomic E-state index is 14.6. The Kier molecular flexibility index (Phi) is 8.74. The summed E-state index contributed by atoms with van der Waals surface area (Å²) in [5.41, 5.74) is 5.39. The molecular weight excluding hydrogens is 359 g/mol. The number of hydrogen-bond donors (Lipinski definition) is 0. The molecule has 0 fully saturated rings. The predicted molar refractivity (Wildman–Crippen MR) is 123 cm³/mol. The van der Waals surface area contributed by atoms with Gasteiger partial charge in [-0.2, -0.15) is 0 Å². The molecule has 0 spiro atoms. The number of benzene rings is 2. The molecule has 2 heteroatoms. The highest BCUT2D eigenvalue weighted by Gasteiger charge is 2.23. The van der Waals surface area contributed by atoms with Gasteiger partial charge in [-0.3, -0.25) is 0 Å². The Morgan fingerprint density at radius 1 is 0.828 bits per heavy atom. The lowest BCUT2D eigenvalue weighted by atomic mass is 9.76. The van der Waals surface area contributed by atoms with Crippen molar-refractivity contribution in [2.45, 2.75) is 86.5 Å². The molecule has 0 aliphatic heterocycles. The molecule has 0 radical (unpaired) electrons. The zero-order valence-corrected chi connectivity index (χ0v) is 19.3. The molecule has 0 heterocycles. The van der Waals surface area contributed by atoms with E-state index in [1.807, 2.05) is 19.1 Å². The van der Waals surface area contributed by atoms with Crippen LogP contribution < -0.4 is 4.74 Å². The molecule has 0 saturated heterocycles. The molecule has 160 valence electrons. The summed E-state index contributed by atoms with van der Waals surface area (Å²) in [6, 6.07) is 9.77. The second-order valence-corrected chi connectivity index (χ2v) is 8.32. The molecule has 29 heavy (non-hydrogen) atoms. The first-order valence-electron chi connectivity index (χ1n) is 11.5. The van der Waals surface area contributed by atoms with Crippen LogP contribution in [0.1, 0.15) is 83.4 Å². The third kappa shape index (κ3) is 5.62. The quantitative estimate of drug-likeness (QED) is 0.346. The highest BCUT2D eigenvalue weighted by atomic mass is 19.1. The Morgan fingerprint density at radius 3 is 2.03 bits per heavy atom. The molecule has 0 saturated carbocycles. The molecule has 2 aromatic rings. The van der Waals surface area contributed by atoms with Crippen LogP contribution in [0, 0.1) is 18.2 Å². The molecular formula is C27H39FO. The minimum atomic E-state index is -0.148. The maximum Gasteiger partial charge on any atom is 0.131 e. The number of rotatable bonds is 11. The number of hydrogen-bond acceptors (Lipinski definition) is 1. The molecule has 2 rings (SSSR count). The molecule has 0 aromatic heterocycles. The summed E-state index contributed by atoms with van der Waals surface area (Å²) in [6.07, 6.45) is 7.72. The lowest BCUT2D eigenvalue weighted by molar-refractivity contribution is 0.197. The van der Waals surface area contributed by atoms with Crippen LogP contribution in [-0.2, 0) is 12.8 Å². The molecule has 0 N–H and O–H groups in total. The maximum atomic E-state index is 14.6. The second kappa shape index (κ2) is 10.8. The van der Waals surface area contributed by atoms with Crippen LogP contribution in [0.3, 0.4) is 0 Å². The van der Waals surface area contributed by atoms with E-state index in [0.717, 1.165) is 53.9 Å². The first-order chi connectivity index (χ1) is 13.9. The van der Waals surface area contributed by atoms with Gasteiger partial charge in [0.25, 0.3) is 0 Å². The minimum absolute atomic E-state index is 0.148. The van der Waals surface area contributed by atoms with Gasteiger partial charge < -0.3 is 4.74 Å². The van der Waals surface area contributed by atoms with E-state index in [0.29, 0.717) is 11.0 Å². The SMILES string of the molecule is CCc1cc(-c2ccc(C)cc2F)c(CC)cc1OCCCC(CC)(CC)CC. The van der Waals surface area contributed by atoms with Gasteiger partial charge in [-0.15, -0.1) is 0 Å². The van der Waals surface area contributed by atoms with E-state index < -0.39 is 0 Å². The Bertz CT molecular complexity index is 781. The lowest BCUT2D eigenvalue weighted by Crippen LogP contribution is -2.18. The number of halogens is 1. The van der Waals surface area contributed by atoms with Crippen molar-refractivity contribution in [1.29, 1.82) is 0 Å². The Balaban J connectivity index is 2.21. The monoisotopic (exact) mass is 398 g/mol. The van der Waals surface area contributed by atoms with Crippen LogP contribution in [0.2, 0.25) is 0 Å². The van der Waals surface area contributed by atoms with Crippen molar-refractivity contribution in [3.05, 3.63) is 52.8 Å². The van der Waals surface area contributed by atoms with Crippen LogP contribution >= 0.6 is 0 Å². The first-order valence-corrected chi connectivity index (χ1v) is 11.5. The van der Waals surface area contributed by atoms with E-state index in [-0.39, 0.29) is 5.82 Å². The van der Waals surface area contributed by atoms with Gasteiger partial charge >= 0.3 is 0 Å². The topological polar surface area (TPSA) is 9.23 Å². The molecule has 0 aliphatic carbocycles. The van der Waals surface area contributed by atoms with E-state index in [9.17, 15) is 4.39 Å². The van der Waals surface area contributed by atoms with Gasteiger partial charge in [-0.05, 0) is 78.5 Å². The van der Waals surface area contributed by atoms with Crippen molar-refractivity contribution in [3.8, 4) is 16.9 Å². The predicted octanol–water partition coefficient (Wildman–Crippen LogP) is 8.30. The third-order valence-corrected chi connectivity index (χ3v) is 6.82. The summed E-state index contributed by atoms with van der Waals surface area (Å²) in [7, 11) is 0. The fourth-order valence-corrected chi connectivity index (χ4v) is 4.37. The van der Waals surface area contributed by atoms with Crippen molar-refractivity contribution in [1.82, 2.24) is 0 Å². The van der Waals surface area contributed by atoms with E-state index in [4.69, 9.17) is 4.74 Å². The van der Waals surface area contributed by atoms with Gasteiger partial charge in [0.2, 0.25) is 0 Å². The van der Waals surface area contributed by atoms with E-state index in [1.54, 1.807) is 6.07 Å². The first kappa shape index (κ1) is 23.4. The van der Waals surface area contributed by atoms with Crippen molar-refractivity contribution < 1.29 is 9.13 Å². The van der Waals surface area contributed by atoms with Crippen molar-refractivity contribution in [2.24, 2.45) is 5.41 Å². The summed E-state index contributed by atoms with van der Waals surface area (Å²) in [4.78, 5) is 0. The fraction of sp³-hybridized carbons (Fsp3) is 0.556. The zero-order chi connectivity index (χ0) is 21.4. The van der Waals surface area contributed by atoms with Crippen LogP contribution in [0.4, 0.5) is 4.39 Å². The van der Waals surface area contributed by atoms with Gasteiger partial charge in [-0.25, -0.2) is 4.39 Å². The number of aryl methyl sites for hydroxylation is 3. The van der Waals surface area contributed by atoms with Crippen LogP contribution in [-0.4, -0.2) is 6.61 Å². The summed E-state index contributed by atoms with van der Waals surface area (Å²) < 4.78 is 20.9. The summed E-state index contributed by atoms with van der Waals surface area (Å²) >= 11 is 0. The summed E-state index contributed by atoms with van der Waals surface area (Å²) in [5, 5.41) is 0. The van der Waals surface area contributed by atoms with Crippen LogP contribution in [0.5, 0.6) is 5.75 Å². The molecule has 0 atom stereocenters. The highest BCUT2D eigenvalue weighted by Crippen LogP contribution is 2.36. The van der Waals surface area contributed by atoms with Gasteiger partial charge in [-0.1, -0.05) is 66.0 Å². The lowest BCUT2D eigenvalue weighted by Gasteiger charge is -2.30. The van der Waals surface area contributed by atoms with Gasteiger partial charge in [0.15, 0.2) is 0 Å². The smallest absolute Gasteiger partial charge is 0.131 e. The second-order valence-electron chi connectivity index (χ2n) is 8.32. The molecule has 2 aromatic carbocycles. The van der Waals surface area contributed by atoms with Crippen LogP contribution in [0.25, 0.3) is 11.1 Å². The standard InChI is InChI=1S/C27H39FO/c1-7-21-19-26(29-16-12-15-27(9-3,10-4)11-5)22(8-2)18-24(21)23-14-13-20(6)17-25(23)28/h13-14,17-19H,7-12,15-16H2,1-6H3. The Morgan fingerprint density at radius 2 is 1.48 bits per heavy atom. The normalized spacial score (nSPS) is 11.7. The molecule has 0 amide bonds. The minimum Gasteiger partial charge on any atom is -0.493 e. The fourth-order valence-electron chi connectivity index (χ4n) is 4.37.